The quantitative estimate of drug-likeness (QED) is 0.218. The predicted molar refractivity (Wildman–Crippen MR) is 129 cm³/mol. The molecule has 2 heterocycles. The fourth-order valence-corrected chi connectivity index (χ4v) is 4.20. The summed E-state index contributed by atoms with van der Waals surface area (Å²) in [6.45, 7) is 11.1. The largest absolute Gasteiger partial charge is 0.357 e. The number of hydrogen-bond acceptors (Lipinski definition) is 3. The maximum atomic E-state index is 12.0. The maximum Gasteiger partial charge on any atom is 0.222 e. The lowest BCUT2D eigenvalue weighted by atomic mass is 10.0. The number of rotatable bonds is 9. The van der Waals surface area contributed by atoms with Gasteiger partial charge in [-0.3, -0.25) is 14.7 Å². The van der Waals surface area contributed by atoms with Crippen molar-refractivity contribution in [2.45, 2.75) is 77.7 Å². The molecular formula is C21H42IN5O. The Morgan fingerprint density at radius 3 is 2.68 bits per heavy atom. The first-order valence-corrected chi connectivity index (χ1v) is 11.3. The van der Waals surface area contributed by atoms with Crippen molar-refractivity contribution in [1.29, 1.82) is 0 Å². The molecule has 2 saturated heterocycles. The zero-order chi connectivity index (χ0) is 19.3. The van der Waals surface area contributed by atoms with Gasteiger partial charge >= 0.3 is 0 Å². The van der Waals surface area contributed by atoms with Crippen LogP contribution in [-0.4, -0.2) is 73.5 Å². The van der Waals surface area contributed by atoms with Gasteiger partial charge in [0, 0.05) is 51.7 Å². The fourth-order valence-electron chi connectivity index (χ4n) is 4.20. The van der Waals surface area contributed by atoms with Gasteiger partial charge in [0.05, 0.1) is 0 Å². The van der Waals surface area contributed by atoms with E-state index in [1.165, 1.54) is 38.6 Å². The molecule has 0 aliphatic carbocycles. The third-order valence-electron chi connectivity index (χ3n) is 5.78. The molecule has 0 saturated carbocycles. The van der Waals surface area contributed by atoms with Gasteiger partial charge in [0.25, 0.3) is 0 Å². The summed E-state index contributed by atoms with van der Waals surface area (Å²) in [7, 11) is 0. The van der Waals surface area contributed by atoms with Crippen LogP contribution in [0.1, 0.15) is 71.6 Å². The van der Waals surface area contributed by atoms with E-state index in [1.807, 2.05) is 4.90 Å². The topological polar surface area (TPSA) is 60.0 Å². The first-order valence-electron chi connectivity index (χ1n) is 11.3. The molecule has 0 aromatic carbocycles. The average Bonchev–Trinajstić information content (AvgIpc) is 2.89. The second-order valence-corrected chi connectivity index (χ2v) is 7.83. The van der Waals surface area contributed by atoms with Crippen LogP contribution in [0.2, 0.25) is 0 Å². The van der Waals surface area contributed by atoms with Gasteiger partial charge in [0.2, 0.25) is 5.91 Å². The lowest BCUT2D eigenvalue weighted by Gasteiger charge is -2.35. The van der Waals surface area contributed by atoms with Crippen LogP contribution in [0.15, 0.2) is 4.99 Å². The molecule has 1 unspecified atom stereocenters. The Labute approximate surface area is 189 Å². The molecule has 2 rings (SSSR count). The molecule has 0 aromatic heterocycles. The van der Waals surface area contributed by atoms with Gasteiger partial charge in [-0.15, -0.1) is 24.0 Å². The molecule has 1 amide bonds. The monoisotopic (exact) mass is 507 g/mol. The van der Waals surface area contributed by atoms with Gasteiger partial charge in [0.15, 0.2) is 5.96 Å². The number of guanidine groups is 1. The van der Waals surface area contributed by atoms with E-state index < -0.39 is 0 Å². The molecule has 0 spiro atoms. The number of nitrogens with zero attached hydrogens (tertiary/aromatic N) is 3. The van der Waals surface area contributed by atoms with Gasteiger partial charge in [-0.2, -0.15) is 0 Å². The molecule has 0 aromatic rings. The van der Waals surface area contributed by atoms with Crippen molar-refractivity contribution in [2.75, 3.05) is 45.8 Å². The summed E-state index contributed by atoms with van der Waals surface area (Å²) in [4.78, 5) is 21.4. The first kappa shape index (κ1) is 25.5. The van der Waals surface area contributed by atoms with E-state index in [0.717, 1.165) is 77.0 Å². The predicted octanol–water partition coefficient (Wildman–Crippen LogP) is 3.22. The van der Waals surface area contributed by atoms with Gasteiger partial charge < -0.3 is 15.5 Å². The van der Waals surface area contributed by atoms with Gasteiger partial charge in [-0.05, 0) is 52.0 Å². The van der Waals surface area contributed by atoms with Crippen LogP contribution in [0, 0.1) is 0 Å². The summed E-state index contributed by atoms with van der Waals surface area (Å²) in [5.41, 5.74) is 0. The Balaban J connectivity index is 0.00000392. The molecule has 164 valence electrons. The SMILES string of the molecule is CCNC(=NCCCN1CCCCCC1=O)NCCN1CCCCC1CC.I. The second-order valence-electron chi connectivity index (χ2n) is 7.83. The number of likely N-dealkylation sites (tertiary alicyclic amines) is 2. The number of carbonyl (C=O) groups is 1. The highest BCUT2D eigenvalue weighted by Crippen LogP contribution is 2.18. The number of aliphatic imine (C=N–C) groups is 1. The van der Waals surface area contributed by atoms with Crippen LogP contribution in [0.3, 0.4) is 0 Å². The molecule has 2 fully saturated rings. The molecule has 0 radical (unpaired) electrons. The molecule has 28 heavy (non-hydrogen) atoms. The van der Waals surface area contributed by atoms with Gasteiger partial charge in [-0.1, -0.05) is 19.8 Å². The van der Waals surface area contributed by atoms with Gasteiger partial charge in [-0.25, -0.2) is 0 Å². The highest BCUT2D eigenvalue weighted by atomic mass is 127. The Morgan fingerprint density at radius 2 is 1.89 bits per heavy atom. The standard InChI is InChI=1S/C21H41N5O.HI/c1-3-19-11-7-9-15-25(19)18-14-24-21(22-4-2)23-13-10-17-26-16-8-5-6-12-20(26)27;/h19H,3-18H2,1-2H3,(H2,22,23,24);1H. The molecule has 0 bridgehead atoms. The number of halogens is 1. The Bertz CT molecular complexity index is 460. The highest BCUT2D eigenvalue weighted by Gasteiger charge is 2.20. The van der Waals surface area contributed by atoms with Crippen LogP contribution >= 0.6 is 24.0 Å². The number of amides is 1. The summed E-state index contributed by atoms with van der Waals surface area (Å²) in [6.07, 6.45) is 10.4. The Hall–Kier alpha value is -0.570. The van der Waals surface area contributed by atoms with Crippen LogP contribution in [-0.2, 0) is 4.79 Å². The van der Waals surface area contributed by atoms with E-state index in [9.17, 15) is 4.79 Å². The molecule has 2 aliphatic heterocycles. The highest BCUT2D eigenvalue weighted by molar-refractivity contribution is 14.0. The zero-order valence-electron chi connectivity index (χ0n) is 18.0. The minimum absolute atomic E-state index is 0. The van der Waals surface area contributed by atoms with E-state index >= 15 is 0 Å². The van der Waals surface area contributed by atoms with Crippen LogP contribution in [0.25, 0.3) is 0 Å². The molecule has 2 N–H and O–H groups in total. The summed E-state index contributed by atoms with van der Waals surface area (Å²) in [6, 6.07) is 0.756. The van der Waals surface area contributed by atoms with E-state index in [-0.39, 0.29) is 24.0 Å². The number of nitrogens with one attached hydrogen (secondary N) is 2. The first-order chi connectivity index (χ1) is 13.2. The fraction of sp³-hybridized carbons (Fsp3) is 0.905. The second kappa shape index (κ2) is 15.3. The Kier molecular flexibility index (Phi) is 13.9. The molecule has 2 aliphatic rings. The minimum Gasteiger partial charge on any atom is -0.357 e. The van der Waals surface area contributed by atoms with Crippen molar-refractivity contribution < 1.29 is 4.79 Å². The number of piperidine rings is 1. The van der Waals surface area contributed by atoms with Crippen LogP contribution in [0.4, 0.5) is 0 Å². The van der Waals surface area contributed by atoms with E-state index in [0.29, 0.717) is 5.91 Å². The van der Waals surface area contributed by atoms with Crippen molar-refractivity contribution in [1.82, 2.24) is 20.4 Å². The smallest absolute Gasteiger partial charge is 0.222 e. The summed E-state index contributed by atoms with van der Waals surface area (Å²) >= 11 is 0. The molecule has 6 nitrogen and oxygen atoms in total. The number of hydrogen-bond donors (Lipinski definition) is 2. The van der Waals surface area contributed by atoms with Gasteiger partial charge in [0.1, 0.15) is 0 Å². The third kappa shape index (κ3) is 9.29. The minimum atomic E-state index is 0. The van der Waals surface area contributed by atoms with E-state index in [4.69, 9.17) is 4.99 Å². The zero-order valence-corrected chi connectivity index (χ0v) is 20.4. The van der Waals surface area contributed by atoms with Crippen LogP contribution in [0.5, 0.6) is 0 Å². The molecule has 1 atom stereocenters. The van der Waals surface area contributed by atoms with Crippen molar-refractivity contribution in [3.63, 3.8) is 0 Å². The molecular weight excluding hydrogens is 465 g/mol. The Morgan fingerprint density at radius 1 is 1.07 bits per heavy atom. The lowest BCUT2D eigenvalue weighted by molar-refractivity contribution is -0.130. The summed E-state index contributed by atoms with van der Waals surface area (Å²) < 4.78 is 0. The third-order valence-corrected chi connectivity index (χ3v) is 5.78. The summed E-state index contributed by atoms with van der Waals surface area (Å²) in [5, 5.41) is 6.83. The van der Waals surface area contributed by atoms with E-state index in [1.54, 1.807) is 0 Å². The van der Waals surface area contributed by atoms with Crippen molar-refractivity contribution in [3.8, 4) is 0 Å². The maximum absolute atomic E-state index is 12.0. The van der Waals surface area contributed by atoms with E-state index in [2.05, 4.69) is 29.4 Å². The number of carbonyl (C=O) groups excluding carboxylic acids is 1. The van der Waals surface area contributed by atoms with Crippen molar-refractivity contribution >= 4 is 35.8 Å². The normalized spacial score (nSPS) is 21.8. The van der Waals surface area contributed by atoms with Crippen molar-refractivity contribution in [3.05, 3.63) is 0 Å². The van der Waals surface area contributed by atoms with Crippen molar-refractivity contribution in [2.24, 2.45) is 4.99 Å². The summed E-state index contributed by atoms with van der Waals surface area (Å²) in [5.74, 6) is 1.23. The average molecular weight is 508 g/mol. The molecule has 7 heteroatoms. The lowest BCUT2D eigenvalue weighted by Crippen LogP contribution is -2.46. The van der Waals surface area contributed by atoms with Crippen LogP contribution < -0.4 is 10.6 Å².